The molecule has 7 heteroatoms. The van der Waals surface area contributed by atoms with Crippen molar-refractivity contribution in [2.24, 2.45) is 7.05 Å². The van der Waals surface area contributed by atoms with Gasteiger partial charge in [0.1, 0.15) is 6.20 Å². The molecule has 2 rings (SSSR count). The van der Waals surface area contributed by atoms with Gasteiger partial charge < -0.3 is 4.74 Å². The Kier molecular flexibility index (Phi) is 3.16. The summed E-state index contributed by atoms with van der Waals surface area (Å²) in [6.07, 6.45) is 1.15. The van der Waals surface area contributed by atoms with E-state index in [0.29, 0.717) is 19.9 Å². The zero-order valence-corrected chi connectivity index (χ0v) is 9.13. The molecule has 0 aliphatic carbocycles. The van der Waals surface area contributed by atoms with Crippen LogP contribution in [0.2, 0.25) is 0 Å². The molecule has 0 atom stereocenters. The number of rotatable bonds is 2. The Balaban J connectivity index is 2.18. The van der Waals surface area contributed by atoms with E-state index in [0.717, 1.165) is 23.9 Å². The van der Waals surface area contributed by atoms with Crippen LogP contribution in [0.3, 0.4) is 0 Å². The van der Waals surface area contributed by atoms with Gasteiger partial charge in [0.25, 0.3) is 5.56 Å². The molecule has 1 saturated heterocycles. The fourth-order valence-electron chi connectivity index (χ4n) is 1.55. The van der Waals surface area contributed by atoms with Gasteiger partial charge in [-0.25, -0.2) is 9.48 Å². The molecule has 0 bridgehead atoms. The molecule has 1 aromatic heterocycles. The highest BCUT2D eigenvalue weighted by molar-refractivity contribution is 4.74. The van der Waals surface area contributed by atoms with Crippen LogP contribution in [0, 0.1) is 0 Å². The summed E-state index contributed by atoms with van der Waals surface area (Å²) in [5.74, 6) is 0. The third kappa shape index (κ3) is 2.20. The van der Waals surface area contributed by atoms with Gasteiger partial charge >= 0.3 is 5.69 Å². The molecule has 2 heterocycles. The van der Waals surface area contributed by atoms with E-state index in [1.54, 1.807) is 0 Å². The molecule has 0 N–H and O–H groups in total. The van der Waals surface area contributed by atoms with E-state index in [4.69, 9.17) is 4.74 Å². The molecule has 0 aromatic carbocycles. The minimum absolute atomic E-state index is 0.386. The van der Waals surface area contributed by atoms with E-state index >= 15 is 0 Å². The molecule has 1 fully saturated rings. The van der Waals surface area contributed by atoms with Gasteiger partial charge in [0, 0.05) is 20.1 Å². The first-order valence-electron chi connectivity index (χ1n) is 5.12. The number of nitrogens with zero attached hydrogens (tertiary/aromatic N) is 4. The summed E-state index contributed by atoms with van der Waals surface area (Å²) in [6, 6.07) is 0. The molecule has 0 spiro atoms. The van der Waals surface area contributed by atoms with Crippen LogP contribution >= 0.6 is 0 Å². The lowest BCUT2D eigenvalue weighted by Gasteiger charge is -2.26. The Bertz CT molecular complexity index is 472. The SMILES string of the molecule is Cn1c(=O)cnn(CN2CCOCC2)c1=O. The first-order chi connectivity index (χ1) is 7.68. The van der Waals surface area contributed by atoms with Crippen molar-refractivity contribution in [1.82, 2.24) is 19.2 Å². The summed E-state index contributed by atoms with van der Waals surface area (Å²) < 4.78 is 7.54. The number of hydrogen-bond acceptors (Lipinski definition) is 5. The van der Waals surface area contributed by atoms with Crippen LogP contribution in [0.5, 0.6) is 0 Å². The predicted octanol–water partition coefficient (Wildman–Crippen LogP) is -1.77. The highest BCUT2D eigenvalue weighted by Gasteiger charge is 2.12. The third-order valence-electron chi connectivity index (χ3n) is 2.58. The van der Waals surface area contributed by atoms with Crippen molar-refractivity contribution in [3.8, 4) is 0 Å². The molecule has 16 heavy (non-hydrogen) atoms. The molecule has 1 aromatic rings. The largest absolute Gasteiger partial charge is 0.379 e. The van der Waals surface area contributed by atoms with E-state index in [1.807, 2.05) is 0 Å². The molecule has 1 aliphatic heterocycles. The third-order valence-corrected chi connectivity index (χ3v) is 2.58. The lowest BCUT2D eigenvalue weighted by molar-refractivity contribution is 0.0198. The Morgan fingerprint density at radius 2 is 2.06 bits per heavy atom. The zero-order chi connectivity index (χ0) is 11.5. The van der Waals surface area contributed by atoms with E-state index < -0.39 is 0 Å². The molecular weight excluding hydrogens is 212 g/mol. The second kappa shape index (κ2) is 4.58. The van der Waals surface area contributed by atoms with Crippen LogP contribution in [0.4, 0.5) is 0 Å². The fraction of sp³-hybridized carbons (Fsp3) is 0.667. The van der Waals surface area contributed by atoms with E-state index in [9.17, 15) is 9.59 Å². The Morgan fingerprint density at radius 3 is 2.75 bits per heavy atom. The molecular formula is C9H14N4O3. The van der Waals surface area contributed by atoms with Gasteiger partial charge in [-0.15, -0.1) is 0 Å². The van der Waals surface area contributed by atoms with Crippen molar-refractivity contribution in [3.05, 3.63) is 27.0 Å². The first kappa shape index (κ1) is 11.0. The summed E-state index contributed by atoms with van der Waals surface area (Å²) in [4.78, 5) is 24.9. The van der Waals surface area contributed by atoms with Crippen LogP contribution in [0.25, 0.3) is 0 Å². The standard InChI is InChI=1S/C9H14N4O3/c1-11-8(14)6-10-13(9(11)15)7-12-2-4-16-5-3-12/h6H,2-5,7H2,1H3. The minimum atomic E-state index is -0.390. The topological polar surface area (TPSA) is 69.4 Å². The van der Waals surface area contributed by atoms with Crippen LogP contribution in [0.15, 0.2) is 15.8 Å². The predicted molar refractivity (Wildman–Crippen MR) is 56.1 cm³/mol. The van der Waals surface area contributed by atoms with Gasteiger partial charge in [0.2, 0.25) is 0 Å². The normalized spacial score (nSPS) is 17.6. The van der Waals surface area contributed by atoms with E-state index in [1.165, 1.54) is 11.7 Å². The van der Waals surface area contributed by atoms with Gasteiger partial charge in [-0.3, -0.25) is 14.3 Å². The number of ether oxygens (including phenoxy) is 1. The van der Waals surface area contributed by atoms with E-state index in [-0.39, 0.29) is 11.2 Å². The van der Waals surface area contributed by atoms with Gasteiger partial charge in [0.05, 0.1) is 19.9 Å². The fourth-order valence-corrected chi connectivity index (χ4v) is 1.55. The molecule has 0 unspecified atom stereocenters. The number of hydrogen-bond donors (Lipinski definition) is 0. The summed E-state index contributed by atoms with van der Waals surface area (Å²) in [5, 5.41) is 3.82. The van der Waals surface area contributed by atoms with Crippen LogP contribution in [-0.2, 0) is 18.5 Å². The maximum Gasteiger partial charge on any atom is 0.348 e. The second-order valence-corrected chi connectivity index (χ2v) is 3.70. The van der Waals surface area contributed by atoms with E-state index in [2.05, 4.69) is 10.00 Å². The van der Waals surface area contributed by atoms with Crippen LogP contribution in [0.1, 0.15) is 0 Å². The molecule has 0 saturated carbocycles. The van der Waals surface area contributed by atoms with Gasteiger partial charge in [0.15, 0.2) is 0 Å². The summed E-state index contributed by atoms with van der Waals surface area (Å²) in [6.45, 7) is 3.28. The van der Waals surface area contributed by atoms with Gasteiger partial charge in [-0.05, 0) is 0 Å². The van der Waals surface area contributed by atoms with Crippen molar-refractivity contribution >= 4 is 0 Å². The maximum absolute atomic E-state index is 11.7. The smallest absolute Gasteiger partial charge is 0.348 e. The monoisotopic (exact) mass is 226 g/mol. The Hall–Kier alpha value is -1.47. The van der Waals surface area contributed by atoms with Crippen molar-refractivity contribution in [1.29, 1.82) is 0 Å². The summed E-state index contributed by atoms with van der Waals surface area (Å²) in [7, 11) is 1.45. The first-order valence-corrected chi connectivity index (χ1v) is 5.12. The molecule has 0 amide bonds. The molecule has 7 nitrogen and oxygen atoms in total. The van der Waals surface area contributed by atoms with Crippen molar-refractivity contribution in [2.75, 3.05) is 26.3 Å². The second-order valence-electron chi connectivity index (χ2n) is 3.70. The molecule has 1 aliphatic rings. The van der Waals surface area contributed by atoms with Crippen molar-refractivity contribution in [3.63, 3.8) is 0 Å². The van der Waals surface area contributed by atoms with Gasteiger partial charge in [-0.1, -0.05) is 0 Å². The van der Waals surface area contributed by atoms with Crippen LogP contribution < -0.4 is 11.2 Å². The quantitative estimate of drug-likeness (QED) is 0.597. The Morgan fingerprint density at radius 1 is 1.38 bits per heavy atom. The highest BCUT2D eigenvalue weighted by atomic mass is 16.5. The molecule has 0 radical (unpaired) electrons. The minimum Gasteiger partial charge on any atom is -0.379 e. The summed E-state index contributed by atoms with van der Waals surface area (Å²) in [5.41, 5.74) is -0.776. The van der Waals surface area contributed by atoms with Crippen molar-refractivity contribution < 1.29 is 4.74 Å². The molecule has 88 valence electrons. The zero-order valence-electron chi connectivity index (χ0n) is 9.13. The maximum atomic E-state index is 11.7. The lowest BCUT2D eigenvalue weighted by Crippen LogP contribution is -2.45. The highest BCUT2D eigenvalue weighted by Crippen LogP contribution is 1.96. The number of aromatic nitrogens is 3. The van der Waals surface area contributed by atoms with Crippen LogP contribution in [-0.4, -0.2) is 45.6 Å². The summed E-state index contributed by atoms with van der Waals surface area (Å²) >= 11 is 0. The number of morpholine rings is 1. The Labute approximate surface area is 91.9 Å². The average Bonchev–Trinajstić information content (AvgIpc) is 2.31. The lowest BCUT2D eigenvalue weighted by atomic mass is 10.4. The average molecular weight is 226 g/mol. The van der Waals surface area contributed by atoms with Gasteiger partial charge in [-0.2, -0.15) is 5.10 Å². The van der Waals surface area contributed by atoms with Crippen molar-refractivity contribution in [2.45, 2.75) is 6.67 Å².